The number of amides is 1. The number of carbonyl (C=O) groups excluding carboxylic acids is 1. The highest BCUT2D eigenvalue weighted by molar-refractivity contribution is 6.06. The first-order valence-electron chi connectivity index (χ1n) is 8.09. The predicted molar refractivity (Wildman–Crippen MR) is 88.1 cm³/mol. The second-order valence-corrected chi connectivity index (χ2v) is 6.14. The van der Waals surface area contributed by atoms with Crippen LogP contribution in [0.4, 0.5) is 0 Å². The van der Waals surface area contributed by atoms with Crippen molar-refractivity contribution < 1.29 is 23.8 Å². The van der Waals surface area contributed by atoms with Gasteiger partial charge in [0.15, 0.2) is 0 Å². The molecule has 24 heavy (non-hydrogen) atoms. The van der Waals surface area contributed by atoms with Gasteiger partial charge in [-0.05, 0) is 30.5 Å². The summed E-state index contributed by atoms with van der Waals surface area (Å²) in [5.41, 5.74) is 2.26. The summed E-state index contributed by atoms with van der Waals surface area (Å²) in [4.78, 5) is 25.7. The highest BCUT2D eigenvalue weighted by Crippen LogP contribution is 2.29. The van der Waals surface area contributed by atoms with E-state index >= 15 is 0 Å². The minimum Gasteiger partial charge on any atom is -0.481 e. The van der Waals surface area contributed by atoms with Gasteiger partial charge in [-0.25, -0.2) is 0 Å². The van der Waals surface area contributed by atoms with Crippen molar-refractivity contribution in [2.24, 2.45) is 0 Å². The van der Waals surface area contributed by atoms with Crippen molar-refractivity contribution in [3.05, 3.63) is 35.6 Å². The minimum atomic E-state index is -0.917. The molecule has 2 atom stereocenters. The van der Waals surface area contributed by atoms with Crippen LogP contribution in [-0.2, 0) is 16.0 Å². The number of nitrogens with zero attached hydrogens (tertiary/aromatic N) is 1. The lowest BCUT2D eigenvalue weighted by molar-refractivity contribution is -0.137. The number of ether oxygens (including phenoxy) is 1. The van der Waals surface area contributed by atoms with Crippen LogP contribution in [0.25, 0.3) is 11.0 Å². The fourth-order valence-electron chi connectivity index (χ4n) is 3.30. The molecule has 1 N–H and O–H groups in total. The fourth-order valence-corrected chi connectivity index (χ4v) is 3.30. The van der Waals surface area contributed by atoms with E-state index in [1.807, 2.05) is 18.2 Å². The first-order valence-corrected chi connectivity index (χ1v) is 8.09. The number of carboxylic acids is 1. The molecule has 3 rings (SSSR count). The van der Waals surface area contributed by atoms with E-state index in [2.05, 4.69) is 6.92 Å². The molecule has 1 aliphatic rings. The highest BCUT2D eigenvalue weighted by atomic mass is 16.5. The predicted octanol–water partition coefficient (Wildman–Crippen LogP) is 2.70. The van der Waals surface area contributed by atoms with Crippen LogP contribution in [0.1, 0.15) is 35.7 Å². The van der Waals surface area contributed by atoms with E-state index in [1.54, 1.807) is 12.0 Å². The van der Waals surface area contributed by atoms with E-state index in [9.17, 15) is 9.59 Å². The molecule has 0 saturated carbocycles. The van der Waals surface area contributed by atoms with Crippen molar-refractivity contribution in [2.45, 2.75) is 38.3 Å². The SMILES string of the molecule is CCc1ccc2occ(C(=O)N3CC(OC)CC3CC(=O)O)c2c1. The lowest BCUT2D eigenvalue weighted by Gasteiger charge is -2.22. The number of hydrogen-bond acceptors (Lipinski definition) is 4. The average Bonchev–Trinajstić information content (AvgIpc) is 3.16. The number of rotatable bonds is 5. The second kappa shape index (κ2) is 6.65. The molecule has 1 saturated heterocycles. The van der Waals surface area contributed by atoms with E-state index in [-0.39, 0.29) is 24.5 Å². The van der Waals surface area contributed by atoms with Crippen LogP contribution in [0.5, 0.6) is 0 Å². The van der Waals surface area contributed by atoms with Gasteiger partial charge < -0.3 is 19.2 Å². The van der Waals surface area contributed by atoms with Crippen molar-refractivity contribution >= 4 is 22.8 Å². The van der Waals surface area contributed by atoms with Crippen molar-refractivity contribution in [2.75, 3.05) is 13.7 Å². The number of carbonyl (C=O) groups is 2. The van der Waals surface area contributed by atoms with Crippen molar-refractivity contribution in [1.82, 2.24) is 4.90 Å². The molecule has 1 aliphatic heterocycles. The third-order valence-corrected chi connectivity index (χ3v) is 4.66. The monoisotopic (exact) mass is 331 g/mol. The summed E-state index contributed by atoms with van der Waals surface area (Å²) in [5, 5.41) is 9.88. The topological polar surface area (TPSA) is 80.0 Å². The Balaban J connectivity index is 1.93. The molecule has 2 unspecified atom stereocenters. The largest absolute Gasteiger partial charge is 0.481 e. The number of aliphatic carboxylic acids is 1. The molecule has 0 bridgehead atoms. The summed E-state index contributed by atoms with van der Waals surface area (Å²) >= 11 is 0. The molecule has 128 valence electrons. The third-order valence-electron chi connectivity index (χ3n) is 4.66. The maximum atomic E-state index is 13.0. The zero-order valence-electron chi connectivity index (χ0n) is 13.8. The third kappa shape index (κ3) is 3.01. The zero-order chi connectivity index (χ0) is 17.3. The molecule has 0 spiro atoms. The van der Waals surface area contributed by atoms with Crippen LogP contribution in [0.2, 0.25) is 0 Å². The average molecular weight is 331 g/mol. The molecular weight excluding hydrogens is 310 g/mol. The normalized spacial score (nSPS) is 20.7. The Morgan fingerprint density at radius 1 is 1.42 bits per heavy atom. The summed E-state index contributed by atoms with van der Waals surface area (Å²) < 4.78 is 10.8. The maximum absolute atomic E-state index is 13.0. The minimum absolute atomic E-state index is 0.0818. The molecule has 1 aromatic carbocycles. The number of hydrogen-bond donors (Lipinski definition) is 1. The van der Waals surface area contributed by atoms with E-state index in [0.29, 0.717) is 24.1 Å². The molecule has 2 heterocycles. The van der Waals surface area contributed by atoms with Gasteiger partial charge in [0.1, 0.15) is 11.8 Å². The summed E-state index contributed by atoms with van der Waals surface area (Å²) in [6.45, 7) is 2.45. The molecule has 2 aromatic rings. The van der Waals surface area contributed by atoms with E-state index in [1.165, 1.54) is 6.26 Å². The molecule has 6 heteroatoms. The number of furan rings is 1. The number of methoxy groups -OCH3 is 1. The summed E-state index contributed by atoms with van der Waals surface area (Å²) in [6, 6.07) is 5.44. The molecule has 1 fully saturated rings. The van der Waals surface area contributed by atoms with Gasteiger partial charge in [-0.2, -0.15) is 0 Å². The van der Waals surface area contributed by atoms with Gasteiger partial charge in [-0.15, -0.1) is 0 Å². The van der Waals surface area contributed by atoms with E-state index in [0.717, 1.165) is 17.4 Å². The molecule has 0 aliphatic carbocycles. The van der Waals surface area contributed by atoms with Gasteiger partial charge in [0.2, 0.25) is 0 Å². The van der Waals surface area contributed by atoms with Crippen LogP contribution in [0.15, 0.2) is 28.9 Å². The molecule has 1 amide bonds. The summed E-state index contributed by atoms with van der Waals surface area (Å²) in [7, 11) is 1.58. The van der Waals surface area contributed by atoms with Crippen LogP contribution < -0.4 is 0 Å². The van der Waals surface area contributed by atoms with Crippen molar-refractivity contribution in [3.8, 4) is 0 Å². The van der Waals surface area contributed by atoms with Gasteiger partial charge in [-0.1, -0.05) is 13.0 Å². The molecular formula is C18H21NO5. The van der Waals surface area contributed by atoms with E-state index < -0.39 is 5.97 Å². The number of fused-ring (bicyclic) bond motifs is 1. The second-order valence-electron chi connectivity index (χ2n) is 6.14. The first-order chi connectivity index (χ1) is 11.5. The van der Waals surface area contributed by atoms with Gasteiger partial charge >= 0.3 is 5.97 Å². The molecule has 6 nitrogen and oxygen atoms in total. The standard InChI is InChI=1S/C18H21NO5/c1-3-11-4-5-16-14(6-11)15(10-24-16)18(22)19-9-13(23-2)7-12(19)8-17(20)21/h4-6,10,12-13H,3,7-9H2,1-2H3,(H,20,21). The van der Waals surface area contributed by atoms with Crippen molar-refractivity contribution in [1.29, 1.82) is 0 Å². The lowest BCUT2D eigenvalue weighted by Crippen LogP contribution is -2.37. The maximum Gasteiger partial charge on any atom is 0.305 e. The zero-order valence-corrected chi connectivity index (χ0v) is 13.8. The number of carboxylic acid groups (broad SMARTS) is 1. The van der Waals surface area contributed by atoms with Crippen molar-refractivity contribution in [3.63, 3.8) is 0 Å². The Hall–Kier alpha value is -2.34. The van der Waals surface area contributed by atoms with Crippen LogP contribution >= 0.6 is 0 Å². The molecule has 1 aromatic heterocycles. The number of aryl methyl sites for hydroxylation is 1. The number of likely N-dealkylation sites (tertiary alicyclic amines) is 1. The van der Waals surface area contributed by atoms with Crippen LogP contribution in [-0.4, -0.2) is 47.7 Å². The Labute approximate surface area is 140 Å². The highest BCUT2D eigenvalue weighted by Gasteiger charge is 2.37. The summed E-state index contributed by atoms with van der Waals surface area (Å²) in [6.07, 6.45) is 2.64. The van der Waals surface area contributed by atoms with E-state index in [4.69, 9.17) is 14.3 Å². The Kier molecular flexibility index (Phi) is 4.57. The smallest absolute Gasteiger partial charge is 0.305 e. The van der Waals surface area contributed by atoms with Gasteiger partial charge in [0, 0.05) is 25.1 Å². The van der Waals surface area contributed by atoms with Crippen LogP contribution in [0, 0.1) is 0 Å². The first kappa shape index (κ1) is 16.5. The Morgan fingerprint density at radius 2 is 2.21 bits per heavy atom. The Morgan fingerprint density at radius 3 is 2.88 bits per heavy atom. The quantitative estimate of drug-likeness (QED) is 0.911. The van der Waals surface area contributed by atoms with Crippen LogP contribution in [0.3, 0.4) is 0 Å². The Bertz CT molecular complexity index is 766. The van der Waals surface area contributed by atoms with Gasteiger partial charge in [0.25, 0.3) is 5.91 Å². The summed E-state index contributed by atoms with van der Waals surface area (Å²) in [5.74, 6) is -1.12. The fraction of sp³-hybridized carbons (Fsp3) is 0.444. The van der Waals surface area contributed by atoms with Gasteiger partial charge in [-0.3, -0.25) is 9.59 Å². The molecule has 0 radical (unpaired) electrons. The number of benzene rings is 1. The lowest BCUT2D eigenvalue weighted by atomic mass is 10.1. The van der Waals surface area contributed by atoms with Gasteiger partial charge in [0.05, 0.1) is 18.1 Å².